The Morgan fingerprint density at radius 2 is 1.69 bits per heavy atom. The van der Waals surface area contributed by atoms with Crippen LogP contribution in [0.5, 0.6) is 0 Å². The summed E-state index contributed by atoms with van der Waals surface area (Å²) in [4.78, 5) is 16.7. The summed E-state index contributed by atoms with van der Waals surface area (Å²) in [7, 11) is -3.57. The number of carbonyl (C=O) groups is 1. The molecule has 0 fully saturated rings. The molecule has 2 amide bonds. The summed E-state index contributed by atoms with van der Waals surface area (Å²) in [6.07, 6.45) is 6.42. The molecule has 0 unspecified atom stereocenters. The second-order valence-electron chi connectivity index (χ2n) is 6.70. The van der Waals surface area contributed by atoms with Gasteiger partial charge in [0.05, 0.1) is 9.79 Å². The van der Waals surface area contributed by atoms with Gasteiger partial charge < -0.3 is 10.6 Å². The maximum atomic E-state index is 12.6. The van der Waals surface area contributed by atoms with Gasteiger partial charge in [-0.1, -0.05) is 24.3 Å². The third kappa shape index (κ3) is 4.20. The summed E-state index contributed by atoms with van der Waals surface area (Å²) in [5, 5.41) is 5.54. The molecule has 3 aromatic rings. The van der Waals surface area contributed by atoms with Crippen molar-refractivity contribution in [3.05, 3.63) is 89.8 Å². The molecular weight excluding hydrogens is 386 g/mol. The third-order valence-electron chi connectivity index (χ3n) is 4.67. The predicted octanol–water partition coefficient (Wildman–Crippen LogP) is 3.68. The molecule has 7 heteroatoms. The number of hydrogen-bond donors (Lipinski definition) is 2. The van der Waals surface area contributed by atoms with Crippen LogP contribution in [0.4, 0.5) is 10.5 Å². The molecule has 29 heavy (non-hydrogen) atoms. The SMILES string of the molecule is O=C(NCC1=Cc2ccncc2C1)Nc1ccc(S(=O)(=O)c2ccccc2)cc1. The highest BCUT2D eigenvalue weighted by Gasteiger charge is 2.17. The van der Waals surface area contributed by atoms with E-state index in [2.05, 4.69) is 21.7 Å². The number of urea groups is 1. The van der Waals surface area contributed by atoms with Gasteiger partial charge in [-0.05, 0) is 65.6 Å². The maximum absolute atomic E-state index is 12.6. The summed E-state index contributed by atoms with van der Waals surface area (Å²) in [6.45, 7) is 0.432. The van der Waals surface area contributed by atoms with Crippen molar-refractivity contribution in [2.24, 2.45) is 0 Å². The molecule has 1 heterocycles. The van der Waals surface area contributed by atoms with Crippen LogP contribution in [0.25, 0.3) is 6.08 Å². The summed E-state index contributed by atoms with van der Waals surface area (Å²) >= 11 is 0. The van der Waals surface area contributed by atoms with Crippen LogP contribution < -0.4 is 10.6 Å². The van der Waals surface area contributed by atoms with Gasteiger partial charge in [0.2, 0.25) is 9.84 Å². The number of pyridine rings is 1. The van der Waals surface area contributed by atoms with Crippen LogP contribution in [0.2, 0.25) is 0 Å². The minimum Gasteiger partial charge on any atom is -0.334 e. The number of carbonyl (C=O) groups excluding carboxylic acids is 1. The molecule has 0 bridgehead atoms. The van der Waals surface area contributed by atoms with Crippen molar-refractivity contribution in [2.75, 3.05) is 11.9 Å². The second kappa shape index (κ2) is 7.89. The monoisotopic (exact) mass is 405 g/mol. The lowest BCUT2D eigenvalue weighted by Gasteiger charge is -2.09. The summed E-state index contributed by atoms with van der Waals surface area (Å²) < 4.78 is 25.2. The summed E-state index contributed by atoms with van der Waals surface area (Å²) in [5.74, 6) is 0. The second-order valence-corrected chi connectivity index (χ2v) is 8.65. The number of aromatic nitrogens is 1. The van der Waals surface area contributed by atoms with Crippen molar-refractivity contribution in [1.29, 1.82) is 0 Å². The van der Waals surface area contributed by atoms with Crippen LogP contribution in [-0.4, -0.2) is 26.0 Å². The molecule has 4 rings (SSSR count). The Morgan fingerprint density at radius 1 is 0.966 bits per heavy atom. The molecule has 1 aliphatic carbocycles. The van der Waals surface area contributed by atoms with Crippen LogP contribution in [0.15, 0.2) is 88.4 Å². The molecule has 0 atom stereocenters. The number of amides is 2. The normalized spacial score (nSPS) is 12.8. The number of fused-ring (bicyclic) bond motifs is 1. The molecule has 0 aliphatic heterocycles. The first-order valence-corrected chi connectivity index (χ1v) is 10.6. The van der Waals surface area contributed by atoms with Crippen LogP contribution in [0.3, 0.4) is 0 Å². The number of nitrogens with zero attached hydrogens (tertiary/aromatic N) is 1. The number of hydrogen-bond acceptors (Lipinski definition) is 4. The lowest BCUT2D eigenvalue weighted by atomic mass is 10.1. The highest BCUT2D eigenvalue weighted by molar-refractivity contribution is 7.91. The fourth-order valence-electron chi connectivity index (χ4n) is 3.18. The lowest BCUT2D eigenvalue weighted by Crippen LogP contribution is -2.30. The average Bonchev–Trinajstić information content (AvgIpc) is 3.16. The summed E-state index contributed by atoms with van der Waals surface area (Å²) in [5.41, 5.74) is 3.90. The van der Waals surface area contributed by atoms with Gasteiger partial charge in [0, 0.05) is 24.6 Å². The van der Waals surface area contributed by atoms with Gasteiger partial charge in [0.25, 0.3) is 0 Å². The molecule has 6 nitrogen and oxygen atoms in total. The van der Waals surface area contributed by atoms with Crippen molar-refractivity contribution in [1.82, 2.24) is 10.3 Å². The molecule has 146 valence electrons. The smallest absolute Gasteiger partial charge is 0.319 e. The zero-order valence-corrected chi connectivity index (χ0v) is 16.3. The van der Waals surface area contributed by atoms with Crippen LogP contribution >= 0.6 is 0 Å². The zero-order valence-electron chi connectivity index (χ0n) is 15.5. The van der Waals surface area contributed by atoms with Gasteiger partial charge in [0.1, 0.15) is 0 Å². The van der Waals surface area contributed by atoms with Crippen molar-refractivity contribution in [3.8, 4) is 0 Å². The Hall–Kier alpha value is -3.45. The van der Waals surface area contributed by atoms with E-state index < -0.39 is 9.84 Å². The molecule has 0 saturated carbocycles. The molecule has 2 N–H and O–H groups in total. The first kappa shape index (κ1) is 18.9. The number of anilines is 1. The largest absolute Gasteiger partial charge is 0.334 e. The fourth-order valence-corrected chi connectivity index (χ4v) is 4.46. The van der Waals surface area contributed by atoms with Gasteiger partial charge in [-0.15, -0.1) is 0 Å². The number of rotatable bonds is 5. The Kier molecular flexibility index (Phi) is 5.14. The maximum Gasteiger partial charge on any atom is 0.319 e. The van der Waals surface area contributed by atoms with Gasteiger partial charge in [-0.2, -0.15) is 0 Å². The van der Waals surface area contributed by atoms with E-state index in [1.165, 1.54) is 12.1 Å². The topological polar surface area (TPSA) is 88.2 Å². The van der Waals surface area contributed by atoms with E-state index in [0.717, 1.165) is 23.1 Å². The van der Waals surface area contributed by atoms with Gasteiger partial charge in [-0.25, -0.2) is 13.2 Å². The molecule has 0 saturated heterocycles. The van der Waals surface area contributed by atoms with E-state index in [0.29, 0.717) is 12.2 Å². The summed E-state index contributed by atoms with van der Waals surface area (Å²) in [6, 6.07) is 16.0. The van der Waals surface area contributed by atoms with E-state index in [1.54, 1.807) is 48.7 Å². The van der Waals surface area contributed by atoms with E-state index >= 15 is 0 Å². The number of nitrogens with one attached hydrogen (secondary N) is 2. The Labute approximate surface area is 169 Å². The zero-order chi connectivity index (χ0) is 20.3. The fraction of sp³-hybridized carbons (Fsp3) is 0.0909. The van der Waals surface area contributed by atoms with Crippen LogP contribution in [0, 0.1) is 0 Å². The molecule has 0 spiro atoms. The van der Waals surface area contributed by atoms with Crippen LogP contribution in [0.1, 0.15) is 11.1 Å². The van der Waals surface area contributed by atoms with E-state index in [-0.39, 0.29) is 15.8 Å². The predicted molar refractivity (Wildman–Crippen MR) is 111 cm³/mol. The van der Waals surface area contributed by atoms with E-state index in [4.69, 9.17) is 0 Å². The van der Waals surface area contributed by atoms with Crippen LogP contribution in [-0.2, 0) is 16.3 Å². The number of benzene rings is 2. The molecule has 1 aliphatic rings. The Morgan fingerprint density at radius 3 is 2.41 bits per heavy atom. The first-order valence-electron chi connectivity index (χ1n) is 9.10. The Bertz CT molecular complexity index is 1170. The standard InChI is InChI=1S/C22H19N3O3S/c26-22(24-14-16-12-17-10-11-23-15-18(17)13-16)25-19-6-8-21(9-7-19)29(27,28)20-4-2-1-3-5-20/h1-12,15H,13-14H2,(H2,24,25,26). The minimum absolute atomic E-state index is 0.178. The molecule has 2 aromatic carbocycles. The van der Waals surface area contributed by atoms with E-state index in [9.17, 15) is 13.2 Å². The van der Waals surface area contributed by atoms with Crippen molar-refractivity contribution in [3.63, 3.8) is 0 Å². The van der Waals surface area contributed by atoms with Crippen molar-refractivity contribution >= 4 is 27.6 Å². The first-order chi connectivity index (χ1) is 14.0. The lowest BCUT2D eigenvalue weighted by molar-refractivity contribution is 0.253. The van der Waals surface area contributed by atoms with Gasteiger partial charge in [0.15, 0.2) is 0 Å². The average molecular weight is 405 g/mol. The Balaban J connectivity index is 1.35. The highest BCUT2D eigenvalue weighted by Crippen LogP contribution is 2.24. The highest BCUT2D eigenvalue weighted by atomic mass is 32.2. The molecule has 0 radical (unpaired) electrons. The third-order valence-corrected chi connectivity index (χ3v) is 6.46. The van der Waals surface area contributed by atoms with Gasteiger partial charge in [-0.3, -0.25) is 4.98 Å². The quantitative estimate of drug-likeness (QED) is 0.678. The van der Waals surface area contributed by atoms with E-state index in [1.807, 2.05) is 12.3 Å². The number of sulfone groups is 1. The van der Waals surface area contributed by atoms with Gasteiger partial charge >= 0.3 is 6.03 Å². The molecule has 1 aromatic heterocycles. The minimum atomic E-state index is -3.57. The van der Waals surface area contributed by atoms with Crippen molar-refractivity contribution in [2.45, 2.75) is 16.2 Å². The van der Waals surface area contributed by atoms with Crippen molar-refractivity contribution < 1.29 is 13.2 Å². The molecular formula is C22H19N3O3S.